The summed E-state index contributed by atoms with van der Waals surface area (Å²) in [5, 5.41) is 0. The van der Waals surface area contributed by atoms with Crippen molar-refractivity contribution in [3.05, 3.63) is 63.6 Å². The van der Waals surface area contributed by atoms with E-state index in [9.17, 15) is 9.59 Å². The molecule has 10 nitrogen and oxygen atoms in total. The average molecular weight is 524 g/mol. The van der Waals surface area contributed by atoms with Gasteiger partial charge in [-0.1, -0.05) is 34.1 Å². The maximum Gasteiger partial charge on any atom is 0.280 e. The van der Waals surface area contributed by atoms with Crippen LogP contribution in [0.15, 0.2) is 52.5 Å². The summed E-state index contributed by atoms with van der Waals surface area (Å²) < 4.78 is 19.9. The fraction of sp³-hybridized carbons (Fsp3) is 0.300. The van der Waals surface area contributed by atoms with Gasteiger partial charge in [-0.05, 0) is 17.7 Å². The van der Waals surface area contributed by atoms with E-state index in [1.807, 2.05) is 24.3 Å². The summed E-state index contributed by atoms with van der Waals surface area (Å²) in [6, 6.07) is 7.72. The molecule has 0 aliphatic carbocycles. The van der Waals surface area contributed by atoms with E-state index in [1.54, 1.807) is 4.57 Å². The van der Waals surface area contributed by atoms with Crippen LogP contribution in [0.3, 0.4) is 0 Å². The lowest BCUT2D eigenvalue weighted by atomic mass is 10.2. The highest BCUT2D eigenvalue weighted by molar-refractivity contribution is 9.10. The van der Waals surface area contributed by atoms with Crippen molar-refractivity contribution < 1.29 is 18.6 Å². The van der Waals surface area contributed by atoms with Crippen molar-refractivity contribution in [1.29, 1.82) is 0 Å². The first-order valence-electron chi connectivity index (χ1n) is 9.65. The largest absolute Gasteiger partial charge is 0.370 e. The number of hydrogen-bond acceptors (Lipinski definition) is 8. The second-order valence-electron chi connectivity index (χ2n) is 6.64. The number of hydrogen-bond donors (Lipinski definition) is 2. The van der Waals surface area contributed by atoms with Gasteiger partial charge in [0.15, 0.2) is 25.3 Å². The molecule has 0 fully saturated rings. The molecule has 3 N–H and O–H groups in total. The Morgan fingerprint density at radius 3 is 3.00 bits per heavy atom. The standard InChI is InChI=1S/C20H23BrN5O5P/c1-2-4-16(27)11-31-32(30-10-14-5-3-6-15(21)9-14)13-29-8-7-26-12-23-17-18(26)24-20(22)25-19(17)28/h2-3,5-6,9,12H,1,4,7-8,10-11,13H2,(H3,22,24,25,28). The molecule has 1 aromatic carbocycles. The number of anilines is 1. The SMILES string of the molecule is C=CCC(=O)COP(COCCn1cnc2c(=O)[nH]c(N)nc21)OCc1cccc(Br)c1. The van der Waals surface area contributed by atoms with Gasteiger partial charge in [0.2, 0.25) is 5.95 Å². The summed E-state index contributed by atoms with van der Waals surface area (Å²) in [5.74, 6) is -0.0652. The zero-order valence-electron chi connectivity index (χ0n) is 17.2. The topological polar surface area (TPSA) is 134 Å². The highest BCUT2D eigenvalue weighted by Crippen LogP contribution is 2.39. The van der Waals surface area contributed by atoms with Gasteiger partial charge >= 0.3 is 0 Å². The van der Waals surface area contributed by atoms with E-state index in [1.165, 1.54) is 12.4 Å². The predicted molar refractivity (Wildman–Crippen MR) is 125 cm³/mol. The highest BCUT2D eigenvalue weighted by atomic mass is 79.9. The Balaban J connectivity index is 1.54. The number of imidazole rings is 1. The summed E-state index contributed by atoms with van der Waals surface area (Å²) in [6.07, 6.45) is 3.45. The molecule has 0 aliphatic heterocycles. The number of allylic oxidation sites excluding steroid dienone is 1. The summed E-state index contributed by atoms with van der Waals surface area (Å²) in [4.78, 5) is 34.2. The number of halogens is 1. The number of ether oxygens (including phenoxy) is 1. The van der Waals surface area contributed by atoms with Crippen LogP contribution in [0.4, 0.5) is 5.95 Å². The highest BCUT2D eigenvalue weighted by Gasteiger charge is 2.15. The number of nitrogens with zero attached hydrogens (tertiary/aromatic N) is 3. The van der Waals surface area contributed by atoms with E-state index >= 15 is 0 Å². The molecule has 2 aromatic heterocycles. The minimum atomic E-state index is -1.46. The Bertz CT molecular complexity index is 1140. The third-order valence-electron chi connectivity index (χ3n) is 4.17. The van der Waals surface area contributed by atoms with Gasteiger partial charge in [0.25, 0.3) is 5.56 Å². The molecule has 0 bridgehead atoms. The van der Waals surface area contributed by atoms with Gasteiger partial charge in [-0.2, -0.15) is 4.98 Å². The first-order valence-corrected chi connectivity index (χ1v) is 11.8. The minimum Gasteiger partial charge on any atom is -0.370 e. The van der Waals surface area contributed by atoms with Gasteiger partial charge in [-0.25, -0.2) is 4.98 Å². The monoisotopic (exact) mass is 523 g/mol. The van der Waals surface area contributed by atoms with Crippen LogP contribution in [0.5, 0.6) is 0 Å². The summed E-state index contributed by atoms with van der Waals surface area (Å²) >= 11 is 3.43. The van der Waals surface area contributed by atoms with Gasteiger partial charge in [0.05, 0.1) is 19.5 Å². The van der Waals surface area contributed by atoms with E-state index in [4.69, 9.17) is 19.5 Å². The van der Waals surface area contributed by atoms with Crippen molar-refractivity contribution in [1.82, 2.24) is 19.5 Å². The third kappa shape index (κ3) is 7.04. The Morgan fingerprint density at radius 2 is 2.22 bits per heavy atom. The molecule has 0 saturated carbocycles. The second-order valence-corrected chi connectivity index (χ2v) is 9.00. The molecule has 1 atom stereocenters. The van der Waals surface area contributed by atoms with Crippen molar-refractivity contribution in [2.75, 3.05) is 25.3 Å². The number of nitrogen functional groups attached to an aromatic ring is 1. The number of nitrogens with one attached hydrogen (secondary N) is 1. The van der Waals surface area contributed by atoms with Crippen LogP contribution in [-0.4, -0.2) is 44.9 Å². The van der Waals surface area contributed by atoms with Crippen LogP contribution < -0.4 is 11.3 Å². The lowest BCUT2D eigenvalue weighted by Crippen LogP contribution is -2.13. The molecule has 0 amide bonds. The number of H-pyrrole nitrogens is 1. The van der Waals surface area contributed by atoms with Crippen molar-refractivity contribution in [3.63, 3.8) is 0 Å². The number of ketones is 1. The van der Waals surface area contributed by atoms with Gasteiger partial charge in [-0.15, -0.1) is 6.58 Å². The molecule has 170 valence electrons. The van der Waals surface area contributed by atoms with Gasteiger partial charge in [0, 0.05) is 17.4 Å². The van der Waals surface area contributed by atoms with Crippen LogP contribution in [0.2, 0.25) is 0 Å². The first kappa shape index (κ1) is 24.2. The van der Waals surface area contributed by atoms with E-state index in [0.717, 1.165) is 10.0 Å². The average Bonchev–Trinajstić information content (AvgIpc) is 3.16. The molecule has 0 spiro atoms. The van der Waals surface area contributed by atoms with Crippen LogP contribution >= 0.6 is 24.3 Å². The summed E-state index contributed by atoms with van der Waals surface area (Å²) in [5.41, 5.74) is 6.78. The van der Waals surface area contributed by atoms with E-state index in [-0.39, 0.29) is 36.6 Å². The number of Topliss-reactive ketones (excluding diaryl/α,β-unsaturated/α-hetero) is 1. The number of carbonyl (C=O) groups excluding carboxylic acids is 1. The lowest BCUT2D eigenvalue weighted by molar-refractivity contribution is -0.120. The summed E-state index contributed by atoms with van der Waals surface area (Å²) in [7, 11) is -1.46. The quantitative estimate of drug-likeness (QED) is 0.198. The number of benzene rings is 1. The summed E-state index contributed by atoms with van der Waals surface area (Å²) in [6.45, 7) is 4.50. The van der Waals surface area contributed by atoms with Crippen LogP contribution in [0.25, 0.3) is 11.2 Å². The third-order valence-corrected chi connectivity index (χ3v) is 5.89. The van der Waals surface area contributed by atoms with Crippen molar-refractivity contribution in [2.24, 2.45) is 0 Å². The van der Waals surface area contributed by atoms with Crippen molar-refractivity contribution >= 4 is 47.2 Å². The fourth-order valence-corrected chi connectivity index (χ4v) is 4.21. The van der Waals surface area contributed by atoms with E-state index in [2.05, 4.69) is 37.5 Å². The number of aromatic nitrogens is 4. The van der Waals surface area contributed by atoms with Gasteiger partial charge in [-0.3, -0.25) is 14.6 Å². The normalized spacial score (nSPS) is 12.2. The second kappa shape index (κ2) is 12.0. The Labute approximate surface area is 193 Å². The Morgan fingerprint density at radius 1 is 1.38 bits per heavy atom. The molecule has 32 heavy (non-hydrogen) atoms. The molecule has 1 unspecified atom stereocenters. The van der Waals surface area contributed by atoms with Crippen LogP contribution in [-0.2, 0) is 31.7 Å². The molecule has 0 radical (unpaired) electrons. The van der Waals surface area contributed by atoms with Crippen LogP contribution in [0.1, 0.15) is 12.0 Å². The molecule has 0 aliphatic rings. The number of carbonyl (C=O) groups is 1. The Kier molecular flexibility index (Phi) is 9.07. The lowest BCUT2D eigenvalue weighted by Gasteiger charge is -2.17. The molecule has 2 heterocycles. The maximum atomic E-state index is 11.9. The number of fused-ring (bicyclic) bond motifs is 1. The zero-order valence-corrected chi connectivity index (χ0v) is 19.7. The van der Waals surface area contributed by atoms with Crippen molar-refractivity contribution in [2.45, 2.75) is 19.6 Å². The number of aromatic amines is 1. The Hall–Kier alpha value is -2.43. The van der Waals surface area contributed by atoms with Gasteiger partial charge < -0.3 is 24.1 Å². The molecular formula is C20H23BrN5O5P. The fourth-order valence-electron chi connectivity index (χ4n) is 2.69. The number of nitrogens with two attached hydrogens (primary N) is 1. The molecule has 12 heteroatoms. The van der Waals surface area contributed by atoms with Crippen LogP contribution in [0, 0.1) is 0 Å². The zero-order chi connectivity index (χ0) is 22.9. The van der Waals surface area contributed by atoms with E-state index in [0.29, 0.717) is 25.4 Å². The number of rotatable bonds is 13. The van der Waals surface area contributed by atoms with Gasteiger partial charge in [0.1, 0.15) is 13.0 Å². The minimum absolute atomic E-state index is 0.0206. The first-order chi connectivity index (χ1) is 15.5. The maximum absolute atomic E-state index is 11.9. The van der Waals surface area contributed by atoms with Crippen molar-refractivity contribution in [3.8, 4) is 0 Å². The smallest absolute Gasteiger partial charge is 0.280 e. The predicted octanol–water partition coefficient (Wildman–Crippen LogP) is 3.13. The molecular weight excluding hydrogens is 501 g/mol. The molecule has 3 aromatic rings. The molecule has 3 rings (SSSR count). The van der Waals surface area contributed by atoms with E-state index < -0.39 is 13.9 Å². The molecule has 0 saturated heterocycles.